The van der Waals surface area contributed by atoms with Gasteiger partial charge in [-0.25, -0.2) is 19.3 Å². The van der Waals surface area contributed by atoms with Crippen LogP contribution in [0.4, 0.5) is 17.3 Å². The molecule has 0 spiro atoms. The first-order valence-electron chi connectivity index (χ1n) is 14.0. The van der Waals surface area contributed by atoms with Crippen molar-refractivity contribution in [2.45, 2.75) is 25.8 Å². The van der Waals surface area contributed by atoms with Crippen LogP contribution in [0, 0.1) is 0 Å². The second-order valence-electron chi connectivity index (χ2n) is 10.7. The van der Waals surface area contributed by atoms with Crippen molar-refractivity contribution in [3.05, 3.63) is 70.1 Å². The summed E-state index contributed by atoms with van der Waals surface area (Å²) in [6, 6.07) is 8.10. The van der Waals surface area contributed by atoms with E-state index in [1.807, 2.05) is 24.3 Å². The lowest BCUT2D eigenvalue weighted by molar-refractivity contribution is -0.121. The fourth-order valence-electron chi connectivity index (χ4n) is 5.44. The van der Waals surface area contributed by atoms with Crippen molar-refractivity contribution >= 4 is 55.7 Å². The lowest BCUT2D eigenvalue weighted by Gasteiger charge is -2.29. The van der Waals surface area contributed by atoms with Gasteiger partial charge < -0.3 is 19.9 Å². The SMILES string of the molecule is CN(C)CCc1csc2ccc(Nc3ncc4c(=O)n5n(c4n3)-c3cnc4c(c3)N(CCC/C=C\C5)C(=O)CO4)cc12. The Morgan fingerprint density at radius 1 is 1.10 bits per heavy atom. The summed E-state index contributed by atoms with van der Waals surface area (Å²) in [4.78, 5) is 44.0. The van der Waals surface area contributed by atoms with E-state index >= 15 is 0 Å². The van der Waals surface area contributed by atoms with E-state index < -0.39 is 0 Å². The van der Waals surface area contributed by atoms with Crippen molar-refractivity contribution in [1.29, 1.82) is 0 Å². The number of allylic oxidation sites excluding steroid dienone is 2. The number of carbonyl (C=O) groups excluding carboxylic acids is 1. The molecule has 0 fully saturated rings. The highest BCUT2D eigenvalue weighted by atomic mass is 32.1. The van der Waals surface area contributed by atoms with Crippen LogP contribution in [0.1, 0.15) is 18.4 Å². The van der Waals surface area contributed by atoms with Crippen LogP contribution in [0.3, 0.4) is 0 Å². The lowest BCUT2D eigenvalue weighted by atomic mass is 10.1. The third-order valence-corrected chi connectivity index (χ3v) is 8.61. The van der Waals surface area contributed by atoms with Gasteiger partial charge in [-0.05, 0) is 74.0 Å². The summed E-state index contributed by atoms with van der Waals surface area (Å²) in [5.74, 6) is 0.668. The number of hydrogen-bond acceptors (Lipinski definition) is 9. The number of likely N-dealkylation sites (N-methyl/N-ethyl adjacent to an activating group) is 1. The number of thiophene rings is 1. The van der Waals surface area contributed by atoms with Crippen LogP contribution in [-0.2, 0) is 17.8 Å². The fraction of sp³-hybridized carbons (Fsp3) is 0.300. The molecule has 0 atom stereocenters. The molecule has 4 aromatic heterocycles. The predicted molar refractivity (Wildman–Crippen MR) is 165 cm³/mol. The van der Waals surface area contributed by atoms with Gasteiger partial charge >= 0.3 is 0 Å². The molecule has 0 saturated heterocycles. The van der Waals surface area contributed by atoms with Gasteiger partial charge in [0.15, 0.2) is 12.3 Å². The molecule has 7 rings (SSSR count). The first kappa shape index (κ1) is 26.4. The van der Waals surface area contributed by atoms with Crippen LogP contribution < -0.4 is 20.5 Å². The van der Waals surface area contributed by atoms with Crippen LogP contribution >= 0.6 is 11.3 Å². The molecule has 0 unspecified atom stereocenters. The summed E-state index contributed by atoms with van der Waals surface area (Å²) in [5.41, 5.74) is 3.62. The molecule has 6 heterocycles. The molecule has 12 heteroatoms. The predicted octanol–water partition coefficient (Wildman–Crippen LogP) is 4.12. The number of rotatable bonds is 5. The van der Waals surface area contributed by atoms with E-state index in [4.69, 9.17) is 9.72 Å². The maximum Gasteiger partial charge on any atom is 0.278 e. The Hall–Kier alpha value is -4.55. The highest BCUT2D eigenvalue weighted by Gasteiger charge is 2.28. The van der Waals surface area contributed by atoms with E-state index in [1.54, 1.807) is 38.0 Å². The smallest absolute Gasteiger partial charge is 0.278 e. The quantitative estimate of drug-likeness (QED) is 0.308. The van der Waals surface area contributed by atoms with Gasteiger partial charge in [0.1, 0.15) is 11.1 Å². The number of fused-ring (bicyclic) bond motifs is 6. The zero-order valence-electron chi connectivity index (χ0n) is 23.4. The van der Waals surface area contributed by atoms with Crippen molar-refractivity contribution < 1.29 is 9.53 Å². The number of anilines is 3. The van der Waals surface area contributed by atoms with Gasteiger partial charge in [-0.2, -0.15) is 4.98 Å². The molecule has 2 aliphatic rings. The molecular formula is C30H30N8O3S. The Morgan fingerprint density at radius 3 is 2.88 bits per heavy atom. The van der Waals surface area contributed by atoms with Gasteiger partial charge in [0.25, 0.3) is 11.5 Å². The monoisotopic (exact) mass is 582 g/mol. The number of carbonyl (C=O) groups is 1. The standard InChI is InChI=1S/C30H30N8O3S/c1-35(2)12-9-19-18-42-25-8-7-20(13-22(19)25)33-30-32-16-23-27(34-30)38-21-14-24-28(31-15-21)41-17-26(39)36(24)10-5-3-4-6-11-37(38)29(23)40/h4,6-8,13-16,18H,3,5,9-12,17H2,1-2H3,(H,32,33,34)/b6-4-. The van der Waals surface area contributed by atoms with Crippen molar-refractivity contribution in [3.8, 4) is 11.6 Å². The Labute approximate surface area is 245 Å². The molecule has 0 aliphatic carbocycles. The molecule has 0 saturated carbocycles. The minimum Gasteiger partial charge on any atom is -0.466 e. The zero-order chi connectivity index (χ0) is 28.8. The normalized spacial score (nSPS) is 15.8. The van der Waals surface area contributed by atoms with Gasteiger partial charge in [-0.15, -0.1) is 11.3 Å². The molecule has 11 nitrogen and oxygen atoms in total. The van der Waals surface area contributed by atoms with Crippen molar-refractivity contribution in [2.24, 2.45) is 0 Å². The third kappa shape index (κ3) is 4.72. The lowest BCUT2D eigenvalue weighted by Crippen LogP contribution is -2.40. The van der Waals surface area contributed by atoms with E-state index in [-0.39, 0.29) is 18.1 Å². The minimum absolute atomic E-state index is 0.0388. The number of nitrogens with one attached hydrogen (secondary N) is 1. The number of benzene rings is 1. The van der Waals surface area contributed by atoms with Crippen molar-refractivity contribution in [1.82, 2.24) is 29.2 Å². The Morgan fingerprint density at radius 2 is 2.00 bits per heavy atom. The van der Waals surface area contributed by atoms with E-state index in [9.17, 15) is 9.59 Å². The average Bonchev–Trinajstić information content (AvgIpc) is 3.51. The maximum atomic E-state index is 13.6. The molecule has 1 aromatic carbocycles. The Bertz CT molecular complexity index is 1920. The average molecular weight is 583 g/mol. The minimum atomic E-state index is -0.203. The Kier molecular flexibility index (Phi) is 6.71. The highest BCUT2D eigenvalue weighted by molar-refractivity contribution is 7.17. The van der Waals surface area contributed by atoms with Gasteiger partial charge in [-0.1, -0.05) is 12.2 Å². The molecule has 0 radical (unpaired) electrons. The van der Waals surface area contributed by atoms with Crippen LogP contribution in [0.15, 0.2) is 59.0 Å². The van der Waals surface area contributed by atoms with E-state index in [0.29, 0.717) is 47.3 Å². The van der Waals surface area contributed by atoms with Crippen LogP contribution in [0.25, 0.3) is 26.8 Å². The third-order valence-electron chi connectivity index (χ3n) is 7.60. The first-order valence-corrected chi connectivity index (χ1v) is 14.8. The summed E-state index contributed by atoms with van der Waals surface area (Å²) in [7, 11) is 4.16. The number of amides is 1. The summed E-state index contributed by atoms with van der Waals surface area (Å²) in [5, 5.41) is 7.18. The maximum absolute atomic E-state index is 13.6. The molecule has 2 aliphatic heterocycles. The summed E-state index contributed by atoms with van der Waals surface area (Å²) >= 11 is 1.75. The van der Waals surface area contributed by atoms with Gasteiger partial charge in [0, 0.05) is 29.7 Å². The molecule has 1 N–H and O–H groups in total. The zero-order valence-corrected chi connectivity index (χ0v) is 24.2. The molecule has 2 bridgehead atoms. The topological polar surface area (TPSA) is 110 Å². The van der Waals surface area contributed by atoms with Gasteiger partial charge in [0.2, 0.25) is 11.8 Å². The molecule has 5 aromatic rings. The number of ether oxygens (including phenoxy) is 1. The number of nitrogens with zero attached hydrogens (tertiary/aromatic N) is 7. The summed E-state index contributed by atoms with van der Waals surface area (Å²) in [6.07, 6.45) is 9.76. The van der Waals surface area contributed by atoms with Crippen molar-refractivity contribution in [3.63, 3.8) is 0 Å². The number of hydrogen-bond donors (Lipinski definition) is 1. The van der Waals surface area contributed by atoms with Gasteiger partial charge in [-0.3, -0.25) is 9.59 Å². The molecule has 214 valence electrons. The second kappa shape index (κ2) is 10.7. The van der Waals surface area contributed by atoms with Crippen LogP contribution in [0.5, 0.6) is 5.88 Å². The van der Waals surface area contributed by atoms with E-state index in [2.05, 4.69) is 51.8 Å². The molecule has 1 amide bonds. The Balaban J connectivity index is 1.32. The molecule has 42 heavy (non-hydrogen) atoms. The van der Waals surface area contributed by atoms with Gasteiger partial charge in [0.05, 0.1) is 18.4 Å². The number of aromatic nitrogens is 5. The highest BCUT2D eigenvalue weighted by Crippen LogP contribution is 2.33. The van der Waals surface area contributed by atoms with E-state index in [0.717, 1.165) is 31.5 Å². The van der Waals surface area contributed by atoms with Crippen LogP contribution in [0.2, 0.25) is 0 Å². The fourth-order valence-corrected chi connectivity index (χ4v) is 6.42. The second-order valence-corrected chi connectivity index (χ2v) is 11.7. The van der Waals surface area contributed by atoms with E-state index in [1.165, 1.54) is 15.6 Å². The largest absolute Gasteiger partial charge is 0.466 e. The molecular weight excluding hydrogens is 552 g/mol. The first-order chi connectivity index (χ1) is 20.5. The summed E-state index contributed by atoms with van der Waals surface area (Å²) < 4.78 is 10.2. The van der Waals surface area contributed by atoms with Crippen molar-refractivity contribution in [2.75, 3.05) is 44.0 Å². The number of pyridine rings is 1. The summed E-state index contributed by atoms with van der Waals surface area (Å²) in [6.45, 7) is 1.86. The van der Waals surface area contributed by atoms with Crippen LogP contribution in [-0.4, -0.2) is 68.9 Å².